The van der Waals surface area contributed by atoms with E-state index in [1.165, 1.54) is 64.2 Å². The van der Waals surface area contributed by atoms with E-state index in [4.69, 9.17) is 5.73 Å². The number of allylic oxidation sites excluding steroid dienone is 1. The molecule has 0 rings (SSSR count). The van der Waals surface area contributed by atoms with Gasteiger partial charge in [0.2, 0.25) is 5.91 Å². The smallest absolute Gasteiger partial charge is 0.244 e. The summed E-state index contributed by atoms with van der Waals surface area (Å²) < 4.78 is 0. The van der Waals surface area contributed by atoms with Crippen LogP contribution >= 0.6 is 0 Å². The molecular formula is C16H34N2O. The predicted molar refractivity (Wildman–Crippen MR) is 84.4 cm³/mol. The van der Waals surface area contributed by atoms with Crippen LogP contribution in [0.15, 0.2) is 11.6 Å². The van der Waals surface area contributed by atoms with Crippen molar-refractivity contribution in [3.8, 4) is 0 Å². The quantitative estimate of drug-likeness (QED) is 0.391. The van der Waals surface area contributed by atoms with Gasteiger partial charge in [-0.2, -0.15) is 0 Å². The molecule has 0 atom stereocenters. The van der Waals surface area contributed by atoms with Gasteiger partial charge in [-0.05, 0) is 19.8 Å². The van der Waals surface area contributed by atoms with E-state index in [0.29, 0.717) is 5.57 Å². The number of carbonyl (C=O) groups is 1. The molecule has 0 aliphatic heterocycles. The van der Waals surface area contributed by atoms with E-state index in [0.717, 1.165) is 6.42 Å². The fraction of sp³-hybridized carbons (Fsp3) is 0.812. The van der Waals surface area contributed by atoms with Crippen molar-refractivity contribution in [1.29, 1.82) is 0 Å². The van der Waals surface area contributed by atoms with E-state index in [-0.39, 0.29) is 12.1 Å². The highest BCUT2D eigenvalue weighted by Gasteiger charge is 1.96. The van der Waals surface area contributed by atoms with Gasteiger partial charge >= 0.3 is 0 Å². The van der Waals surface area contributed by atoms with Gasteiger partial charge in [0.15, 0.2) is 0 Å². The Morgan fingerprint density at radius 3 is 1.74 bits per heavy atom. The maximum absolute atomic E-state index is 10.8. The molecule has 0 aromatic rings. The monoisotopic (exact) mass is 270 g/mol. The SMILES string of the molecule is CCCCCCCCCCCCC=C(C)C(N)=O.N. The first-order valence-electron chi connectivity index (χ1n) is 7.65. The fourth-order valence-electron chi connectivity index (χ4n) is 2.05. The third-order valence-electron chi connectivity index (χ3n) is 3.40. The average molecular weight is 270 g/mol. The van der Waals surface area contributed by atoms with E-state index in [1.54, 1.807) is 6.92 Å². The summed E-state index contributed by atoms with van der Waals surface area (Å²) in [5.74, 6) is -0.290. The number of hydrogen-bond donors (Lipinski definition) is 2. The number of nitrogens with two attached hydrogens (primary N) is 1. The van der Waals surface area contributed by atoms with Crippen LogP contribution in [0.1, 0.15) is 84.5 Å². The van der Waals surface area contributed by atoms with E-state index < -0.39 is 0 Å². The molecule has 0 radical (unpaired) electrons. The lowest BCUT2D eigenvalue weighted by Crippen LogP contribution is -2.11. The molecule has 0 spiro atoms. The molecule has 3 nitrogen and oxygen atoms in total. The number of primary amides is 1. The van der Waals surface area contributed by atoms with E-state index in [1.807, 2.05) is 6.08 Å². The van der Waals surface area contributed by atoms with Crippen LogP contribution < -0.4 is 11.9 Å². The van der Waals surface area contributed by atoms with Crippen molar-refractivity contribution in [1.82, 2.24) is 6.15 Å². The lowest BCUT2D eigenvalue weighted by molar-refractivity contribution is -0.114. The summed E-state index contributed by atoms with van der Waals surface area (Å²) in [6.07, 6.45) is 16.4. The average Bonchev–Trinajstić information content (AvgIpc) is 2.35. The van der Waals surface area contributed by atoms with Crippen LogP contribution in [0.4, 0.5) is 0 Å². The second kappa shape index (κ2) is 15.2. The first kappa shape index (κ1) is 20.5. The van der Waals surface area contributed by atoms with E-state index >= 15 is 0 Å². The summed E-state index contributed by atoms with van der Waals surface area (Å²) in [4.78, 5) is 10.8. The van der Waals surface area contributed by atoms with Gasteiger partial charge in [0.1, 0.15) is 0 Å². The molecule has 0 unspecified atom stereocenters. The number of carbonyl (C=O) groups excluding carboxylic acids is 1. The van der Waals surface area contributed by atoms with Crippen LogP contribution in [0.5, 0.6) is 0 Å². The van der Waals surface area contributed by atoms with Crippen molar-refractivity contribution < 1.29 is 4.79 Å². The highest BCUT2D eigenvalue weighted by Crippen LogP contribution is 2.11. The van der Waals surface area contributed by atoms with Gasteiger partial charge in [-0.25, -0.2) is 0 Å². The molecular weight excluding hydrogens is 236 g/mol. The van der Waals surface area contributed by atoms with Crippen molar-refractivity contribution in [2.45, 2.75) is 84.5 Å². The van der Waals surface area contributed by atoms with Crippen molar-refractivity contribution in [3.63, 3.8) is 0 Å². The molecule has 0 aliphatic carbocycles. The Hall–Kier alpha value is -0.830. The fourth-order valence-corrected chi connectivity index (χ4v) is 2.05. The predicted octanol–water partition coefficient (Wildman–Crippen LogP) is 4.89. The minimum absolute atomic E-state index is 0. The Morgan fingerprint density at radius 1 is 0.895 bits per heavy atom. The highest BCUT2D eigenvalue weighted by molar-refractivity contribution is 5.91. The lowest BCUT2D eigenvalue weighted by atomic mass is 10.1. The van der Waals surface area contributed by atoms with E-state index in [2.05, 4.69) is 6.92 Å². The Bertz CT molecular complexity index is 237. The third kappa shape index (κ3) is 15.1. The number of rotatable bonds is 12. The van der Waals surface area contributed by atoms with Crippen LogP contribution in [0, 0.1) is 0 Å². The molecule has 0 aliphatic rings. The van der Waals surface area contributed by atoms with E-state index in [9.17, 15) is 4.79 Å². The summed E-state index contributed by atoms with van der Waals surface area (Å²) in [6, 6.07) is 0. The van der Waals surface area contributed by atoms with Crippen LogP contribution in [-0.2, 0) is 4.79 Å². The molecule has 0 saturated heterocycles. The Kier molecular flexibility index (Phi) is 16.4. The Morgan fingerprint density at radius 2 is 1.32 bits per heavy atom. The molecule has 3 heteroatoms. The molecule has 1 amide bonds. The Balaban J connectivity index is 0. The molecule has 0 bridgehead atoms. The molecule has 0 saturated carbocycles. The zero-order chi connectivity index (χ0) is 13.6. The minimum atomic E-state index is -0.290. The zero-order valence-corrected chi connectivity index (χ0v) is 13.0. The van der Waals surface area contributed by atoms with Gasteiger partial charge in [-0.15, -0.1) is 0 Å². The van der Waals surface area contributed by atoms with Crippen molar-refractivity contribution in [2.75, 3.05) is 0 Å². The number of unbranched alkanes of at least 4 members (excludes halogenated alkanes) is 10. The molecule has 114 valence electrons. The largest absolute Gasteiger partial charge is 0.366 e. The second-order valence-corrected chi connectivity index (χ2v) is 5.22. The van der Waals surface area contributed by atoms with Gasteiger partial charge in [-0.1, -0.05) is 70.8 Å². The van der Waals surface area contributed by atoms with Crippen LogP contribution in [0.3, 0.4) is 0 Å². The van der Waals surface area contributed by atoms with Crippen molar-refractivity contribution in [2.24, 2.45) is 5.73 Å². The molecule has 0 aromatic heterocycles. The first-order chi connectivity index (χ1) is 8.68. The maximum atomic E-state index is 10.8. The molecule has 0 fully saturated rings. The zero-order valence-electron chi connectivity index (χ0n) is 13.0. The van der Waals surface area contributed by atoms with Crippen LogP contribution in [0.25, 0.3) is 0 Å². The summed E-state index contributed by atoms with van der Waals surface area (Å²) in [5.41, 5.74) is 5.86. The summed E-state index contributed by atoms with van der Waals surface area (Å²) in [5, 5.41) is 0. The van der Waals surface area contributed by atoms with Crippen molar-refractivity contribution in [3.05, 3.63) is 11.6 Å². The van der Waals surface area contributed by atoms with Gasteiger partial charge in [0.05, 0.1) is 0 Å². The third-order valence-corrected chi connectivity index (χ3v) is 3.40. The van der Waals surface area contributed by atoms with Crippen LogP contribution in [-0.4, -0.2) is 5.91 Å². The van der Waals surface area contributed by atoms with Gasteiger partial charge in [0.25, 0.3) is 0 Å². The van der Waals surface area contributed by atoms with Crippen LogP contribution in [0.2, 0.25) is 0 Å². The molecule has 0 heterocycles. The molecule has 5 N–H and O–H groups in total. The molecule has 19 heavy (non-hydrogen) atoms. The van der Waals surface area contributed by atoms with Crippen molar-refractivity contribution >= 4 is 5.91 Å². The maximum Gasteiger partial charge on any atom is 0.244 e. The number of amides is 1. The first-order valence-corrected chi connectivity index (χ1v) is 7.65. The summed E-state index contributed by atoms with van der Waals surface area (Å²) in [6.45, 7) is 4.05. The normalized spacial score (nSPS) is 11.2. The summed E-state index contributed by atoms with van der Waals surface area (Å²) in [7, 11) is 0. The number of hydrogen-bond acceptors (Lipinski definition) is 2. The lowest BCUT2D eigenvalue weighted by Gasteiger charge is -2.01. The molecule has 0 aromatic carbocycles. The minimum Gasteiger partial charge on any atom is -0.366 e. The highest BCUT2D eigenvalue weighted by atomic mass is 16.1. The Labute approximate surface area is 119 Å². The van der Waals surface area contributed by atoms with Gasteiger partial charge in [-0.3, -0.25) is 4.79 Å². The summed E-state index contributed by atoms with van der Waals surface area (Å²) >= 11 is 0. The second-order valence-electron chi connectivity index (χ2n) is 5.22. The van der Waals surface area contributed by atoms with Gasteiger partial charge in [0, 0.05) is 5.57 Å². The van der Waals surface area contributed by atoms with Gasteiger partial charge < -0.3 is 11.9 Å². The standard InChI is InChI=1S/C16H31NO.H3N/c1-3-4-5-6-7-8-9-10-11-12-13-14-15(2)16(17)18;/h14H,3-13H2,1-2H3,(H2,17,18);1H3. The topological polar surface area (TPSA) is 78.1 Å².